The quantitative estimate of drug-likeness (QED) is 0.772. The van der Waals surface area contributed by atoms with Gasteiger partial charge in [-0.15, -0.1) is 0 Å². The predicted octanol–water partition coefficient (Wildman–Crippen LogP) is 3.78. The van der Waals surface area contributed by atoms with Crippen LogP contribution < -0.4 is 0 Å². The van der Waals surface area contributed by atoms with E-state index in [1.54, 1.807) is 0 Å². The van der Waals surface area contributed by atoms with Gasteiger partial charge in [-0.1, -0.05) is 0 Å². The van der Waals surface area contributed by atoms with Gasteiger partial charge in [0.2, 0.25) is 0 Å². The van der Waals surface area contributed by atoms with Gasteiger partial charge in [0, 0.05) is 31.7 Å². The molecule has 0 bridgehead atoms. The Morgan fingerprint density at radius 1 is 0.818 bits per heavy atom. The Bertz CT molecular complexity index is 325. The van der Waals surface area contributed by atoms with E-state index in [1.807, 2.05) is 0 Å². The highest BCUT2D eigenvalue weighted by Crippen LogP contribution is 2.52. The molecule has 1 spiro atoms. The number of piperidine rings is 1. The summed E-state index contributed by atoms with van der Waals surface area (Å²) in [5.41, 5.74) is 0.866. The molecule has 0 aromatic carbocycles. The second-order valence-electron chi connectivity index (χ2n) is 8.84. The van der Waals surface area contributed by atoms with E-state index in [-0.39, 0.29) is 5.60 Å². The van der Waals surface area contributed by atoms with Crippen molar-refractivity contribution >= 4 is 0 Å². The standard InChI is InChI=1S/C10H19N.C9H19NO/c1-9(2)11-7-3-4-10(8-11)5-6-10;1-8(2)10-5-6-11-9(3,4)7-10/h9H,3-8H2,1-2H3;8H,5-7H2,1-4H3. The van der Waals surface area contributed by atoms with Crippen molar-refractivity contribution in [3.8, 4) is 0 Å². The zero-order valence-corrected chi connectivity index (χ0v) is 15.8. The molecule has 0 unspecified atom stereocenters. The van der Waals surface area contributed by atoms with Crippen molar-refractivity contribution in [2.24, 2.45) is 5.41 Å². The van der Waals surface area contributed by atoms with E-state index in [4.69, 9.17) is 4.74 Å². The van der Waals surface area contributed by atoms with Crippen molar-refractivity contribution in [2.45, 2.75) is 84.9 Å². The van der Waals surface area contributed by atoms with Gasteiger partial charge in [0.1, 0.15) is 0 Å². The third-order valence-corrected chi connectivity index (χ3v) is 5.56. The van der Waals surface area contributed by atoms with E-state index in [0.717, 1.165) is 31.2 Å². The molecule has 22 heavy (non-hydrogen) atoms. The first-order chi connectivity index (χ1) is 10.2. The molecule has 3 heteroatoms. The number of morpholine rings is 1. The van der Waals surface area contributed by atoms with E-state index in [1.165, 1.54) is 38.8 Å². The minimum absolute atomic E-state index is 0.0581. The van der Waals surface area contributed by atoms with E-state index in [9.17, 15) is 0 Å². The van der Waals surface area contributed by atoms with Crippen LogP contribution in [0.15, 0.2) is 0 Å². The molecular formula is C19H38N2O. The second kappa shape index (κ2) is 7.19. The maximum Gasteiger partial charge on any atom is 0.0753 e. The summed E-state index contributed by atoms with van der Waals surface area (Å²) in [6, 6.07) is 1.42. The van der Waals surface area contributed by atoms with Gasteiger partial charge in [0.05, 0.1) is 12.2 Å². The molecule has 130 valence electrons. The van der Waals surface area contributed by atoms with Crippen LogP contribution in [0.3, 0.4) is 0 Å². The maximum absolute atomic E-state index is 5.60. The van der Waals surface area contributed by atoms with Crippen LogP contribution in [-0.2, 0) is 4.74 Å². The summed E-state index contributed by atoms with van der Waals surface area (Å²) in [6.07, 6.45) is 5.97. The predicted molar refractivity (Wildman–Crippen MR) is 94.4 cm³/mol. The lowest BCUT2D eigenvalue weighted by molar-refractivity contribution is -0.0936. The van der Waals surface area contributed by atoms with Gasteiger partial charge in [-0.2, -0.15) is 0 Å². The number of hydrogen-bond acceptors (Lipinski definition) is 3. The summed E-state index contributed by atoms with van der Waals surface area (Å²) in [4.78, 5) is 5.11. The summed E-state index contributed by atoms with van der Waals surface area (Å²) in [7, 11) is 0. The normalized spacial score (nSPS) is 27.8. The number of nitrogens with zero attached hydrogens (tertiary/aromatic N) is 2. The summed E-state index contributed by atoms with van der Waals surface area (Å²) in [6.45, 7) is 19.2. The molecule has 0 atom stereocenters. The van der Waals surface area contributed by atoms with Crippen LogP contribution in [0.25, 0.3) is 0 Å². The highest BCUT2D eigenvalue weighted by Gasteiger charge is 2.45. The minimum atomic E-state index is 0.0581. The molecule has 3 rings (SSSR count). The van der Waals surface area contributed by atoms with Crippen LogP contribution in [0, 0.1) is 5.41 Å². The largest absolute Gasteiger partial charge is 0.373 e. The van der Waals surface area contributed by atoms with Gasteiger partial charge in [-0.3, -0.25) is 4.90 Å². The van der Waals surface area contributed by atoms with E-state index in [0.29, 0.717) is 6.04 Å². The first-order valence-electron chi connectivity index (χ1n) is 9.35. The number of ether oxygens (including phenoxy) is 1. The third-order valence-electron chi connectivity index (χ3n) is 5.56. The summed E-state index contributed by atoms with van der Waals surface area (Å²) in [5.74, 6) is 0. The van der Waals surface area contributed by atoms with Crippen molar-refractivity contribution in [1.29, 1.82) is 0 Å². The Morgan fingerprint density at radius 3 is 1.86 bits per heavy atom. The molecule has 2 aliphatic heterocycles. The van der Waals surface area contributed by atoms with Crippen LogP contribution >= 0.6 is 0 Å². The maximum atomic E-state index is 5.60. The topological polar surface area (TPSA) is 15.7 Å². The molecule has 2 saturated heterocycles. The van der Waals surface area contributed by atoms with Gasteiger partial charge < -0.3 is 9.64 Å². The molecule has 2 heterocycles. The molecule has 3 aliphatic rings. The lowest BCUT2D eigenvalue weighted by Gasteiger charge is -2.40. The van der Waals surface area contributed by atoms with Crippen LogP contribution in [-0.4, -0.2) is 60.3 Å². The van der Waals surface area contributed by atoms with Gasteiger partial charge >= 0.3 is 0 Å². The van der Waals surface area contributed by atoms with Crippen molar-refractivity contribution < 1.29 is 4.74 Å². The van der Waals surface area contributed by atoms with Crippen molar-refractivity contribution in [3.05, 3.63) is 0 Å². The van der Waals surface area contributed by atoms with Crippen LogP contribution in [0.2, 0.25) is 0 Å². The third kappa shape index (κ3) is 5.21. The fourth-order valence-corrected chi connectivity index (χ4v) is 3.77. The summed E-state index contributed by atoms with van der Waals surface area (Å²) >= 11 is 0. The SMILES string of the molecule is CC(C)N1CCCC2(CC2)C1.CC(C)N1CCOC(C)(C)C1. The van der Waals surface area contributed by atoms with Gasteiger partial charge in [0.25, 0.3) is 0 Å². The summed E-state index contributed by atoms with van der Waals surface area (Å²) < 4.78 is 5.60. The Kier molecular flexibility index (Phi) is 5.95. The highest BCUT2D eigenvalue weighted by molar-refractivity contribution is 4.98. The van der Waals surface area contributed by atoms with Crippen molar-refractivity contribution in [1.82, 2.24) is 9.80 Å². The average molecular weight is 311 g/mol. The smallest absolute Gasteiger partial charge is 0.0753 e. The van der Waals surface area contributed by atoms with Gasteiger partial charge in [-0.25, -0.2) is 0 Å². The molecule has 3 nitrogen and oxygen atoms in total. The monoisotopic (exact) mass is 310 g/mol. The Balaban J connectivity index is 0.000000160. The molecule has 0 radical (unpaired) electrons. The van der Waals surface area contributed by atoms with E-state index >= 15 is 0 Å². The fourth-order valence-electron chi connectivity index (χ4n) is 3.77. The molecule has 1 saturated carbocycles. The summed E-state index contributed by atoms with van der Waals surface area (Å²) in [5, 5.41) is 0. The fraction of sp³-hybridized carbons (Fsp3) is 1.00. The first-order valence-corrected chi connectivity index (χ1v) is 9.35. The van der Waals surface area contributed by atoms with Gasteiger partial charge in [-0.05, 0) is 79.2 Å². The second-order valence-corrected chi connectivity index (χ2v) is 8.84. The van der Waals surface area contributed by atoms with Crippen LogP contribution in [0.1, 0.15) is 67.2 Å². The number of likely N-dealkylation sites (tertiary alicyclic amines) is 1. The zero-order chi connectivity index (χ0) is 16.4. The van der Waals surface area contributed by atoms with Crippen LogP contribution in [0.4, 0.5) is 0 Å². The van der Waals surface area contributed by atoms with Crippen LogP contribution in [0.5, 0.6) is 0 Å². The number of hydrogen-bond donors (Lipinski definition) is 0. The van der Waals surface area contributed by atoms with E-state index < -0.39 is 0 Å². The van der Waals surface area contributed by atoms with E-state index in [2.05, 4.69) is 51.3 Å². The Morgan fingerprint density at radius 2 is 1.41 bits per heavy atom. The molecule has 0 amide bonds. The Hall–Kier alpha value is -0.120. The molecule has 1 aliphatic carbocycles. The average Bonchev–Trinajstić information content (AvgIpc) is 3.17. The zero-order valence-electron chi connectivity index (χ0n) is 15.8. The highest BCUT2D eigenvalue weighted by atomic mass is 16.5. The van der Waals surface area contributed by atoms with Crippen molar-refractivity contribution in [3.63, 3.8) is 0 Å². The number of rotatable bonds is 2. The first kappa shape index (κ1) is 18.2. The molecule has 0 aromatic rings. The van der Waals surface area contributed by atoms with Gasteiger partial charge in [0.15, 0.2) is 0 Å². The minimum Gasteiger partial charge on any atom is -0.373 e. The Labute approximate surface area is 138 Å². The van der Waals surface area contributed by atoms with Crippen molar-refractivity contribution in [2.75, 3.05) is 32.8 Å². The molecule has 0 N–H and O–H groups in total. The molecule has 0 aromatic heterocycles. The lowest BCUT2D eigenvalue weighted by atomic mass is 9.94. The molecule has 3 fully saturated rings. The lowest BCUT2D eigenvalue weighted by Crippen LogP contribution is -2.50. The molecular weight excluding hydrogens is 272 g/mol.